The minimum atomic E-state index is 0.301. The predicted molar refractivity (Wildman–Crippen MR) is 83.7 cm³/mol. The summed E-state index contributed by atoms with van der Waals surface area (Å²) in [7, 11) is 0. The Morgan fingerprint density at radius 1 is 1.37 bits per heavy atom. The molecular weight excluding hydrogens is 302 g/mol. The summed E-state index contributed by atoms with van der Waals surface area (Å²) < 4.78 is 6.92. The van der Waals surface area contributed by atoms with Crippen molar-refractivity contribution in [2.45, 2.75) is 51.6 Å². The molecule has 0 bridgehead atoms. The molecule has 0 N–H and O–H groups in total. The van der Waals surface area contributed by atoms with Crippen LogP contribution in [0.5, 0.6) is 5.75 Å². The number of nitrogens with zero attached hydrogens (tertiary/aromatic N) is 1. The van der Waals surface area contributed by atoms with Crippen LogP contribution in [0.3, 0.4) is 0 Å². The molecule has 0 saturated carbocycles. The van der Waals surface area contributed by atoms with Crippen molar-refractivity contribution in [1.82, 2.24) is 4.90 Å². The first kappa shape index (κ1) is 14.9. The van der Waals surface area contributed by atoms with Crippen molar-refractivity contribution >= 4 is 15.9 Å². The third-order valence-corrected chi connectivity index (χ3v) is 4.80. The smallest absolute Gasteiger partial charge is 0.133 e. The van der Waals surface area contributed by atoms with Crippen LogP contribution in [0.1, 0.15) is 40.0 Å². The fourth-order valence-electron chi connectivity index (χ4n) is 3.06. The summed E-state index contributed by atoms with van der Waals surface area (Å²) in [4.78, 5) is 2.59. The van der Waals surface area contributed by atoms with E-state index in [1.807, 2.05) is 24.3 Å². The summed E-state index contributed by atoms with van der Waals surface area (Å²) >= 11 is 3.52. The molecule has 19 heavy (non-hydrogen) atoms. The van der Waals surface area contributed by atoms with Gasteiger partial charge in [0.1, 0.15) is 12.4 Å². The van der Waals surface area contributed by atoms with E-state index in [0.29, 0.717) is 11.6 Å². The van der Waals surface area contributed by atoms with E-state index < -0.39 is 0 Å². The lowest BCUT2D eigenvalue weighted by atomic mass is 9.87. The van der Waals surface area contributed by atoms with Crippen molar-refractivity contribution in [1.29, 1.82) is 0 Å². The molecule has 0 amide bonds. The number of piperidine rings is 1. The van der Waals surface area contributed by atoms with Crippen LogP contribution in [-0.2, 0) is 0 Å². The Kier molecular flexibility index (Phi) is 4.91. The molecule has 1 aromatic carbocycles. The number of para-hydroxylation sites is 1. The fraction of sp³-hybridized carbons (Fsp3) is 0.625. The van der Waals surface area contributed by atoms with E-state index >= 15 is 0 Å². The Hall–Kier alpha value is -0.540. The molecular formula is C16H24BrNO. The highest BCUT2D eigenvalue weighted by atomic mass is 79.9. The van der Waals surface area contributed by atoms with Crippen molar-refractivity contribution in [3.8, 4) is 5.75 Å². The number of likely N-dealkylation sites (tertiary alicyclic amines) is 1. The molecule has 0 aromatic heterocycles. The van der Waals surface area contributed by atoms with Gasteiger partial charge in [0, 0.05) is 18.1 Å². The molecule has 3 heteroatoms. The van der Waals surface area contributed by atoms with Crippen molar-refractivity contribution in [3.63, 3.8) is 0 Å². The van der Waals surface area contributed by atoms with Crippen molar-refractivity contribution in [2.75, 3.05) is 13.2 Å². The Morgan fingerprint density at radius 3 is 2.79 bits per heavy atom. The maximum atomic E-state index is 5.89. The highest BCUT2D eigenvalue weighted by Crippen LogP contribution is 2.31. The lowest BCUT2D eigenvalue weighted by Gasteiger charge is -2.46. The summed E-state index contributed by atoms with van der Waals surface area (Å²) in [5.41, 5.74) is 0.301. The van der Waals surface area contributed by atoms with E-state index in [2.05, 4.69) is 41.6 Å². The van der Waals surface area contributed by atoms with Gasteiger partial charge >= 0.3 is 0 Å². The zero-order valence-corrected chi connectivity index (χ0v) is 13.7. The van der Waals surface area contributed by atoms with Crippen LogP contribution in [0.25, 0.3) is 0 Å². The van der Waals surface area contributed by atoms with Crippen LogP contribution < -0.4 is 4.74 Å². The molecule has 0 spiro atoms. The van der Waals surface area contributed by atoms with Gasteiger partial charge in [0.05, 0.1) is 4.47 Å². The SMILES string of the molecule is CC1CCCC(C)(C)N1CCOc1ccccc1Br. The Morgan fingerprint density at radius 2 is 2.11 bits per heavy atom. The number of halogens is 1. The molecule has 2 nitrogen and oxygen atoms in total. The number of hydrogen-bond donors (Lipinski definition) is 0. The van der Waals surface area contributed by atoms with Gasteiger partial charge in [-0.3, -0.25) is 4.90 Å². The number of rotatable bonds is 4. The summed E-state index contributed by atoms with van der Waals surface area (Å²) in [6.07, 6.45) is 3.93. The van der Waals surface area contributed by atoms with E-state index in [4.69, 9.17) is 4.74 Å². The highest BCUT2D eigenvalue weighted by molar-refractivity contribution is 9.10. The average Bonchev–Trinajstić information content (AvgIpc) is 2.34. The second-order valence-electron chi connectivity index (χ2n) is 6.03. The third-order valence-electron chi connectivity index (χ3n) is 4.15. The van der Waals surface area contributed by atoms with Crippen molar-refractivity contribution in [2.24, 2.45) is 0 Å². The molecule has 1 saturated heterocycles. The van der Waals surface area contributed by atoms with Crippen LogP contribution in [0.15, 0.2) is 28.7 Å². The van der Waals surface area contributed by atoms with Crippen LogP contribution in [0, 0.1) is 0 Å². The van der Waals surface area contributed by atoms with E-state index in [9.17, 15) is 0 Å². The predicted octanol–water partition coefficient (Wildman–Crippen LogP) is 4.48. The van der Waals surface area contributed by atoms with E-state index in [1.54, 1.807) is 0 Å². The van der Waals surface area contributed by atoms with Gasteiger partial charge < -0.3 is 4.74 Å². The van der Waals surface area contributed by atoms with Crippen LogP contribution in [-0.4, -0.2) is 29.6 Å². The fourth-order valence-corrected chi connectivity index (χ4v) is 3.46. The lowest BCUT2D eigenvalue weighted by Crippen LogP contribution is -2.53. The van der Waals surface area contributed by atoms with Gasteiger partial charge in [-0.15, -0.1) is 0 Å². The topological polar surface area (TPSA) is 12.5 Å². The third kappa shape index (κ3) is 3.73. The molecule has 1 aromatic rings. The normalized spacial score (nSPS) is 23.3. The van der Waals surface area contributed by atoms with E-state index in [-0.39, 0.29) is 0 Å². The molecule has 106 valence electrons. The van der Waals surface area contributed by atoms with Gasteiger partial charge in [-0.1, -0.05) is 18.6 Å². The summed E-state index contributed by atoms with van der Waals surface area (Å²) in [6, 6.07) is 8.70. The van der Waals surface area contributed by atoms with Crippen molar-refractivity contribution in [3.05, 3.63) is 28.7 Å². The Bertz CT molecular complexity index is 419. The maximum absolute atomic E-state index is 5.89. The first-order valence-corrected chi connectivity index (χ1v) is 7.94. The Balaban J connectivity index is 1.89. The largest absolute Gasteiger partial charge is 0.491 e. The number of ether oxygens (including phenoxy) is 1. The number of hydrogen-bond acceptors (Lipinski definition) is 2. The lowest BCUT2D eigenvalue weighted by molar-refractivity contribution is 0.0206. The molecule has 1 heterocycles. The van der Waals surface area contributed by atoms with Crippen LogP contribution in [0.2, 0.25) is 0 Å². The molecule has 1 aliphatic rings. The highest BCUT2D eigenvalue weighted by Gasteiger charge is 2.33. The quantitative estimate of drug-likeness (QED) is 0.809. The monoisotopic (exact) mass is 325 g/mol. The molecule has 0 radical (unpaired) electrons. The summed E-state index contributed by atoms with van der Waals surface area (Å²) in [5, 5.41) is 0. The van der Waals surface area contributed by atoms with Gasteiger partial charge in [0.25, 0.3) is 0 Å². The molecule has 0 aliphatic carbocycles. The second-order valence-corrected chi connectivity index (χ2v) is 6.88. The van der Waals surface area contributed by atoms with Gasteiger partial charge in [0.15, 0.2) is 0 Å². The minimum absolute atomic E-state index is 0.301. The summed E-state index contributed by atoms with van der Waals surface area (Å²) in [5.74, 6) is 0.935. The Labute approximate surface area is 125 Å². The first-order valence-electron chi connectivity index (χ1n) is 7.15. The molecule has 1 aliphatic heterocycles. The molecule has 1 fully saturated rings. The summed E-state index contributed by atoms with van der Waals surface area (Å²) in [6.45, 7) is 8.77. The van der Waals surface area contributed by atoms with Gasteiger partial charge in [0.2, 0.25) is 0 Å². The molecule has 1 atom stereocenters. The zero-order valence-electron chi connectivity index (χ0n) is 12.2. The van der Waals surface area contributed by atoms with Gasteiger partial charge in [-0.05, 0) is 61.7 Å². The standard InChI is InChI=1S/C16H24BrNO/c1-13-7-6-10-16(2,3)18(13)11-12-19-15-9-5-4-8-14(15)17/h4-5,8-9,13H,6-7,10-12H2,1-3H3. The average molecular weight is 326 g/mol. The second kappa shape index (κ2) is 6.27. The maximum Gasteiger partial charge on any atom is 0.133 e. The number of benzene rings is 1. The van der Waals surface area contributed by atoms with E-state index in [0.717, 1.165) is 23.4 Å². The van der Waals surface area contributed by atoms with Crippen molar-refractivity contribution < 1.29 is 4.74 Å². The van der Waals surface area contributed by atoms with Gasteiger partial charge in [-0.25, -0.2) is 0 Å². The van der Waals surface area contributed by atoms with E-state index in [1.165, 1.54) is 19.3 Å². The first-order chi connectivity index (χ1) is 9.00. The minimum Gasteiger partial charge on any atom is -0.491 e. The zero-order chi connectivity index (χ0) is 13.9. The van der Waals surface area contributed by atoms with Gasteiger partial charge in [-0.2, -0.15) is 0 Å². The van der Waals surface area contributed by atoms with Crippen LogP contribution in [0.4, 0.5) is 0 Å². The van der Waals surface area contributed by atoms with Crippen LogP contribution >= 0.6 is 15.9 Å². The molecule has 2 rings (SSSR count). The molecule has 1 unspecified atom stereocenters.